The average molecular weight is 452 g/mol. The molecule has 1 heterocycles. The molecule has 0 saturated carbocycles. The topological polar surface area (TPSA) is 105 Å². The standard InChI is InChI=1S/C25H33N5O3/c1-5-32-21-11-10-17(14-22(21)33-6-2)25(31)29-24(26)19-8-7-9-20-23(19)18(16-28-20)15-27-12-13-30(3)4/h7-11,14,16,27-28H,5-6,12-13,15H2,1-4H3,(H2,26,29,31). The van der Waals surface area contributed by atoms with Crippen molar-refractivity contribution in [3.8, 4) is 11.5 Å². The lowest BCUT2D eigenvalue weighted by molar-refractivity contribution is 0.100. The molecule has 0 aliphatic rings. The first-order chi connectivity index (χ1) is 15.9. The van der Waals surface area contributed by atoms with Crippen LogP contribution in [0.25, 0.3) is 10.9 Å². The predicted molar refractivity (Wildman–Crippen MR) is 132 cm³/mol. The van der Waals surface area contributed by atoms with Gasteiger partial charge in [-0.2, -0.15) is 4.99 Å². The summed E-state index contributed by atoms with van der Waals surface area (Å²) >= 11 is 0. The molecule has 0 aliphatic heterocycles. The zero-order valence-corrected chi connectivity index (χ0v) is 19.8. The third kappa shape index (κ3) is 6.12. The number of carbonyl (C=O) groups excluding carboxylic acids is 1. The largest absolute Gasteiger partial charge is 0.490 e. The first-order valence-electron chi connectivity index (χ1n) is 11.2. The molecular formula is C25H33N5O3. The number of fused-ring (bicyclic) bond motifs is 1. The normalized spacial score (nSPS) is 11.8. The summed E-state index contributed by atoms with van der Waals surface area (Å²) in [6, 6.07) is 10.8. The van der Waals surface area contributed by atoms with E-state index in [1.165, 1.54) is 0 Å². The highest BCUT2D eigenvalue weighted by atomic mass is 16.5. The van der Waals surface area contributed by atoms with E-state index in [0.717, 1.165) is 35.1 Å². The number of hydrogen-bond donors (Lipinski definition) is 3. The minimum Gasteiger partial charge on any atom is -0.490 e. The molecular weight excluding hydrogens is 418 g/mol. The van der Waals surface area contributed by atoms with Crippen molar-refractivity contribution in [2.24, 2.45) is 10.7 Å². The molecule has 0 atom stereocenters. The molecule has 0 bridgehead atoms. The van der Waals surface area contributed by atoms with E-state index in [4.69, 9.17) is 15.2 Å². The maximum Gasteiger partial charge on any atom is 0.279 e. The number of carbonyl (C=O) groups is 1. The van der Waals surface area contributed by atoms with Crippen LogP contribution in [0.4, 0.5) is 0 Å². The van der Waals surface area contributed by atoms with Crippen LogP contribution in [0, 0.1) is 0 Å². The Morgan fingerprint density at radius 2 is 1.88 bits per heavy atom. The van der Waals surface area contributed by atoms with Crippen LogP contribution in [-0.2, 0) is 6.54 Å². The highest BCUT2D eigenvalue weighted by Crippen LogP contribution is 2.29. The van der Waals surface area contributed by atoms with Crippen molar-refractivity contribution < 1.29 is 14.3 Å². The highest BCUT2D eigenvalue weighted by molar-refractivity contribution is 6.14. The second-order valence-electron chi connectivity index (χ2n) is 7.85. The second-order valence-corrected chi connectivity index (χ2v) is 7.85. The fraction of sp³-hybridized carbons (Fsp3) is 0.360. The highest BCUT2D eigenvalue weighted by Gasteiger charge is 2.15. The average Bonchev–Trinajstić information content (AvgIpc) is 3.21. The quantitative estimate of drug-likeness (QED) is 0.235. The number of aromatic nitrogens is 1. The number of aromatic amines is 1. The van der Waals surface area contributed by atoms with Crippen molar-refractivity contribution in [2.45, 2.75) is 20.4 Å². The number of benzene rings is 2. The van der Waals surface area contributed by atoms with Crippen molar-refractivity contribution in [1.82, 2.24) is 15.2 Å². The number of nitrogens with one attached hydrogen (secondary N) is 2. The third-order valence-electron chi connectivity index (χ3n) is 5.13. The number of ether oxygens (including phenoxy) is 2. The lowest BCUT2D eigenvalue weighted by Gasteiger charge is -2.12. The van der Waals surface area contributed by atoms with Crippen LogP contribution in [-0.4, -0.2) is 62.0 Å². The van der Waals surface area contributed by atoms with Crippen LogP contribution in [0.15, 0.2) is 47.6 Å². The Balaban J connectivity index is 1.86. The van der Waals surface area contributed by atoms with Gasteiger partial charge >= 0.3 is 0 Å². The van der Waals surface area contributed by atoms with E-state index < -0.39 is 5.91 Å². The molecule has 33 heavy (non-hydrogen) atoms. The minimum absolute atomic E-state index is 0.173. The Labute approximate surface area is 194 Å². The molecule has 1 aromatic heterocycles. The van der Waals surface area contributed by atoms with E-state index in [1.807, 2.05) is 52.3 Å². The summed E-state index contributed by atoms with van der Waals surface area (Å²) in [5.74, 6) is 0.843. The molecule has 0 unspecified atom stereocenters. The van der Waals surface area contributed by atoms with Crippen LogP contribution in [0.2, 0.25) is 0 Å². The van der Waals surface area contributed by atoms with Gasteiger partial charge in [-0.25, -0.2) is 0 Å². The van der Waals surface area contributed by atoms with Crippen LogP contribution in [0.5, 0.6) is 11.5 Å². The van der Waals surface area contributed by atoms with Crippen LogP contribution >= 0.6 is 0 Å². The van der Waals surface area contributed by atoms with Gasteiger partial charge in [0.2, 0.25) is 0 Å². The molecule has 0 saturated heterocycles. The molecule has 176 valence electrons. The number of amidine groups is 1. The predicted octanol–water partition coefficient (Wildman–Crippen LogP) is 3.16. The van der Waals surface area contributed by atoms with Gasteiger partial charge in [-0.05, 0) is 57.8 Å². The minimum atomic E-state index is -0.435. The summed E-state index contributed by atoms with van der Waals surface area (Å²) < 4.78 is 11.2. The molecule has 8 heteroatoms. The van der Waals surface area contributed by atoms with Crippen LogP contribution in [0.1, 0.15) is 35.3 Å². The third-order valence-corrected chi connectivity index (χ3v) is 5.13. The summed E-state index contributed by atoms with van der Waals surface area (Å²) in [6.07, 6.45) is 1.97. The number of nitrogens with two attached hydrogens (primary N) is 1. The van der Waals surface area contributed by atoms with Gasteiger partial charge in [0.15, 0.2) is 11.5 Å². The maximum absolute atomic E-state index is 12.9. The first kappa shape index (κ1) is 24.3. The molecule has 2 aromatic carbocycles. The van der Waals surface area contributed by atoms with E-state index in [-0.39, 0.29) is 5.84 Å². The smallest absolute Gasteiger partial charge is 0.279 e. The number of likely N-dealkylation sites (N-methyl/N-ethyl adjacent to an activating group) is 1. The number of hydrogen-bond acceptors (Lipinski definition) is 5. The maximum atomic E-state index is 12.9. The summed E-state index contributed by atoms with van der Waals surface area (Å²) in [5, 5.41) is 4.41. The Kier molecular flexibility index (Phi) is 8.46. The number of aliphatic imine (C=N–C) groups is 1. The van der Waals surface area contributed by atoms with Gasteiger partial charge in [0.1, 0.15) is 5.84 Å². The van der Waals surface area contributed by atoms with Crippen LogP contribution in [0.3, 0.4) is 0 Å². The van der Waals surface area contributed by atoms with Crippen molar-refractivity contribution in [1.29, 1.82) is 0 Å². The van der Waals surface area contributed by atoms with Gasteiger partial charge in [-0.1, -0.05) is 12.1 Å². The fourth-order valence-corrected chi connectivity index (χ4v) is 3.55. The molecule has 8 nitrogen and oxygen atoms in total. The Morgan fingerprint density at radius 1 is 1.12 bits per heavy atom. The lowest BCUT2D eigenvalue weighted by atomic mass is 10.1. The van der Waals surface area contributed by atoms with Gasteiger partial charge in [0.05, 0.1) is 13.2 Å². The zero-order valence-electron chi connectivity index (χ0n) is 19.8. The van der Waals surface area contributed by atoms with Crippen molar-refractivity contribution >= 4 is 22.6 Å². The molecule has 0 spiro atoms. The first-order valence-corrected chi connectivity index (χ1v) is 11.2. The van der Waals surface area contributed by atoms with Gasteiger partial charge < -0.3 is 30.4 Å². The van der Waals surface area contributed by atoms with Crippen molar-refractivity contribution in [3.63, 3.8) is 0 Å². The van der Waals surface area contributed by atoms with E-state index >= 15 is 0 Å². The molecule has 0 radical (unpaired) electrons. The molecule has 0 fully saturated rings. The molecule has 3 rings (SSSR count). The Morgan fingerprint density at radius 3 is 2.61 bits per heavy atom. The van der Waals surface area contributed by atoms with Crippen molar-refractivity contribution in [2.75, 3.05) is 40.4 Å². The van der Waals surface area contributed by atoms with Gasteiger partial charge in [0.25, 0.3) is 5.91 Å². The number of H-pyrrole nitrogens is 1. The van der Waals surface area contributed by atoms with Crippen LogP contribution < -0.4 is 20.5 Å². The monoisotopic (exact) mass is 451 g/mol. The van der Waals surface area contributed by atoms with Gasteiger partial charge in [-0.3, -0.25) is 4.79 Å². The molecule has 0 aliphatic carbocycles. The van der Waals surface area contributed by atoms with E-state index in [9.17, 15) is 4.79 Å². The molecule has 1 amide bonds. The number of nitrogens with zero attached hydrogens (tertiary/aromatic N) is 2. The summed E-state index contributed by atoms with van der Waals surface area (Å²) in [6.45, 7) is 7.24. The molecule has 3 aromatic rings. The van der Waals surface area contributed by atoms with E-state index in [0.29, 0.717) is 36.8 Å². The zero-order chi connectivity index (χ0) is 23.8. The van der Waals surface area contributed by atoms with E-state index in [1.54, 1.807) is 18.2 Å². The summed E-state index contributed by atoms with van der Waals surface area (Å²) in [7, 11) is 4.09. The second kappa shape index (κ2) is 11.5. The lowest BCUT2D eigenvalue weighted by Crippen LogP contribution is -2.26. The molecule has 4 N–H and O–H groups in total. The van der Waals surface area contributed by atoms with Crippen molar-refractivity contribution in [3.05, 3.63) is 59.3 Å². The van der Waals surface area contributed by atoms with E-state index in [2.05, 4.69) is 20.2 Å². The van der Waals surface area contributed by atoms with Gasteiger partial charge in [-0.15, -0.1) is 0 Å². The SMILES string of the molecule is CCOc1ccc(C(=O)N=C(N)c2cccc3[nH]cc(CNCCN(C)C)c23)cc1OCC. The Hall–Kier alpha value is -3.36. The summed E-state index contributed by atoms with van der Waals surface area (Å²) in [4.78, 5) is 22.5. The Bertz CT molecular complexity index is 1120. The fourth-order valence-electron chi connectivity index (χ4n) is 3.55. The number of amides is 1. The summed E-state index contributed by atoms with van der Waals surface area (Å²) in [5.41, 5.74) is 9.46. The van der Waals surface area contributed by atoms with Gasteiger partial charge in [0, 0.05) is 47.9 Å². The number of rotatable bonds is 11.